The summed E-state index contributed by atoms with van der Waals surface area (Å²) in [7, 11) is 1.68. The number of primary amides is 1. The Bertz CT molecular complexity index is 403. The van der Waals surface area contributed by atoms with Crippen molar-refractivity contribution >= 4 is 5.91 Å². The van der Waals surface area contributed by atoms with E-state index in [0.717, 1.165) is 5.56 Å². The van der Waals surface area contributed by atoms with E-state index in [1.165, 1.54) is 5.56 Å². The Balaban J connectivity index is 2.49. The number of benzene rings is 1. The average Bonchev–Trinajstić information content (AvgIpc) is 2.29. The molecule has 100 valence electrons. The predicted molar refractivity (Wildman–Crippen MR) is 71.8 cm³/mol. The Labute approximate surface area is 109 Å². The second kappa shape index (κ2) is 6.52. The summed E-state index contributed by atoms with van der Waals surface area (Å²) < 4.78 is 5.09. The highest BCUT2D eigenvalue weighted by Gasteiger charge is 2.23. The van der Waals surface area contributed by atoms with Gasteiger partial charge < -0.3 is 15.8 Å². The summed E-state index contributed by atoms with van der Waals surface area (Å²) in [6.45, 7) is 5.57. The highest BCUT2D eigenvalue weighted by Crippen LogP contribution is 2.12. The maximum atomic E-state index is 11.2. The van der Waals surface area contributed by atoms with Gasteiger partial charge in [0.05, 0.1) is 12.0 Å². The quantitative estimate of drug-likeness (QED) is 0.769. The molecule has 0 heterocycles. The highest BCUT2D eigenvalue weighted by atomic mass is 16.5. The summed E-state index contributed by atoms with van der Waals surface area (Å²) in [5.74, 6) is -0.289. The number of ether oxygens (including phenoxy) is 1. The lowest BCUT2D eigenvalue weighted by Crippen LogP contribution is -2.40. The molecule has 4 nitrogen and oxygen atoms in total. The van der Waals surface area contributed by atoms with Gasteiger partial charge in [-0.2, -0.15) is 0 Å². The van der Waals surface area contributed by atoms with E-state index in [0.29, 0.717) is 19.7 Å². The molecule has 0 unspecified atom stereocenters. The minimum Gasteiger partial charge on any atom is -0.380 e. The van der Waals surface area contributed by atoms with E-state index < -0.39 is 5.41 Å². The van der Waals surface area contributed by atoms with Gasteiger partial charge in [0.1, 0.15) is 0 Å². The standard InChI is InChI=1S/C14H22N2O2/c1-14(2,13(15)17)10-16-8-11-5-4-6-12(7-11)9-18-3/h4-7,16H,8-10H2,1-3H3,(H2,15,17). The summed E-state index contributed by atoms with van der Waals surface area (Å²) in [5.41, 5.74) is 7.11. The van der Waals surface area contributed by atoms with Gasteiger partial charge in [0.25, 0.3) is 0 Å². The van der Waals surface area contributed by atoms with Crippen molar-refractivity contribution in [2.45, 2.75) is 27.0 Å². The van der Waals surface area contributed by atoms with Gasteiger partial charge in [-0.15, -0.1) is 0 Å². The first-order valence-corrected chi connectivity index (χ1v) is 6.03. The first-order valence-electron chi connectivity index (χ1n) is 6.03. The fourth-order valence-electron chi connectivity index (χ4n) is 1.60. The number of nitrogens with one attached hydrogen (secondary N) is 1. The van der Waals surface area contributed by atoms with Crippen molar-refractivity contribution in [3.05, 3.63) is 35.4 Å². The summed E-state index contributed by atoms with van der Waals surface area (Å²) >= 11 is 0. The van der Waals surface area contributed by atoms with Crippen LogP contribution in [0.2, 0.25) is 0 Å². The maximum Gasteiger partial charge on any atom is 0.224 e. The minimum absolute atomic E-state index is 0.289. The van der Waals surface area contributed by atoms with Crippen molar-refractivity contribution in [2.24, 2.45) is 11.1 Å². The molecule has 0 radical (unpaired) electrons. The molecule has 0 saturated carbocycles. The largest absolute Gasteiger partial charge is 0.380 e. The zero-order valence-electron chi connectivity index (χ0n) is 11.3. The monoisotopic (exact) mass is 250 g/mol. The van der Waals surface area contributed by atoms with E-state index in [1.54, 1.807) is 7.11 Å². The van der Waals surface area contributed by atoms with Crippen molar-refractivity contribution in [3.8, 4) is 0 Å². The third kappa shape index (κ3) is 4.47. The predicted octanol–water partition coefficient (Wildman–Crippen LogP) is 1.43. The van der Waals surface area contributed by atoms with Crippen molar-refractivity contribution in [1.29, 1.82) is 0 Å². The van der Waals surface area contributed by atoms with Crippen LogP contribution < -0.4 is 11.1 Å². The molecule has 0 aliphatic carbocycles. The maximum absolute atomic E-state index is 11.2. The van der Waals surface area contributed by atoms with Crippen molar-refractivity contribution in [1.82, 2.24) is 5.32 Å². The fraction of sp³-hybridized carbons (Fsp3) is 0.500. The van der Waals surface area contributed by atoms with Gasteiger partial charge in [-0.25, -0.2) is 0 Å². The zero-order valence-corrected chi connectivity index (χ0v) is 11.3. The summed E-state index contributed by atoms with van der Waals surface area (Å²) in [6, 6.07) is 8.17. The lowest BCUT2D eigenvalue weighted by molar-refractivity contribution is -0.125. The second-order valence-corrected chi connectivity index (χ2v) is 5.10. The van der Waals surface area contributed by atoms with Crippen LogP contribution in [0.3, 0.4) is 0 Å². The SMILES string of the molecule is COCc1cccc(CNCC(C)(C)C(N)=O)c1. The Morgan fingerprint density at radius 3 is 2.67 bits per heavy atom. The van der Waals surface area contributed by atoms with Gasteiger partial charge in [-0.1, -0.05) is 24.3 Å². The van der Waals surface area contributed by atoms with Gasteiger partial charge in [0, 0.05) is 20.2 Å². The van der Waals surface area contributed by atoms with Crippen molar-refractivity contribution < 1.29 is 9.53 Å². The normalized spacial score (nSPS) is 11.5. The molecule has 0 bridgehead atoms. The van der Waals surface area contributed by atoms with Crippen LogP contribution in [0.1, 0.15) is 25.0 Å². The number of methoxy groups -OCH3 is 1. The first kappa shape index (κ1) is 14.7. The van der Waals surface area contributed by atoms with Crippen LogP contribution in [0.15, 0.2) is 24.3 Å². The van der Waals surface area contributed by atoms with Crippen LogP contribution in [0, 0.1) is 5.41 Å². The summed E-state index contributed by atoms with van der Waals surface area (Å²) in [5, 5.41) is 3.25. The molecule has 0 aromatic heterocycles. The van der Waals surface area contributed by atoms with E-state index in [4.69, 9.17) is 10.5 Å². The minimum atomic E-state index is -0.524. The molecule has 0 fully saturated rings. The fourth-order valence-corrected chi connectivity index (χ4v) is 1.60. The Kier molecular flexibility index (Phi) is 5.31. The Morgan fingerprint density at radius 1 is 1.39 bits per heavy atom. The van der Waals surface area contributed by atoms with Crippen molar-refractivity contribution in [2.75, 3.05) is 13.7 Å². The number of hydrogen-bond donors (Lipinski definition) is 2. The number of rotatable bonds is 7. The molecule has 3 N–H and O–H groups in total. The second-order valence-electron chi connectivity index (χ2n) is 5.10. The smallest absolute Gasteiger partial charge is 0.224 e. The van der Waals surface area contributed by atoms with Crippen LogP contribution in [0.5, 0.6) is 0 Å². The lowest BCUT2D eigenvalue weighted by atomic mass is 9.93. The van der Waals surface area contributed by atoms with Crippen LogP contribution in [-0.4, -0.2) is 19.6 Å². The number of hydrogen-bond acceptors (Lipinski definition) is 3. The third-order valence-corrected chi connectivity index (χ3v) is 2.87. The molecular formula is C14H22N2O2. The molecule has 0 atom stereocenters. The van der Waals surface area contributed by atoms with Gasteiger partial charge in [-0.3, -0.25) is 4.79 Å². The van der Waals surface area contributed by atoms with E-state index in [1.807, 2.05) is 32.0 Å². The zero-order chi connectivity index (χ0) is 13.6. The van der Waals surface area contributed by atoms with E-state index in [2.05, 4.69) is 11.4 Å². The molecule has 18 heavy (non-hydrogen) atoms. The van der Waals surface area contributed by atoms with Crippen LogP contribution in [-0.2, 0) is 22.7 Å². The van der Waals surface area contributed by atoms with Crippen LogP contribution in [0.25, 0.3) is 0 Å². The number of amides is 1. The van der Waals surface area contributed by atoms with Gasteiger partial charge in [-0.05, 0) is 25.0 Å². The molecular weight excluding hydrogens is 228 g/mol. The van der Waals surface area contributed by atoms with Crippen LogP contribution >= 0.6 is 0 Å². The molecule has 0 aliphatic heterocycles. The van der Waals surface area contributed by atoms with E-state index in [-0.39, 0.29) is 5.91 Å². The molecule has 1 rings (SSSR count). The number of carbonyl (C=O) groups is 1. The highest BCUT2D eigenvalue weighted by molar-refractivity contribution is 5.80. The van der Waals surface area contributed by atoms with Gasteiger partial charge in [0.2, 0.25) is 5.91 Å². The van der Waals surface area contributed by atoms with Crippen molar-refractivity contribution in [3.63, 3.8) is 0 Å². The number of nitrogens with two attached hydrogens (primary N) is 1. The molecule has 1 aromatic rings. The molecule has 0 spiro atoms. The van der Waals surface area contributed by atoms with E-state index >= 15 is 0 Å². The van der Waals surface area contributed by atoms with Gasteiger partial charge in [0.15, 0.2) is 0 Å². The Morgan fingerprint density at radius 2 is 2.06 bits per heavy atom. The molecule has 0 aliphatic rings. The topological polar surface area (TPSA) is 64.3 Å². The summed E-state index contributed by atoms with van der Waals surface area (Å²) in [4.78, 5) is 11.2. The molecule has 0 saturated heterocycles. The Hall–Kier alpha value is -1.39. The summed E-state index contributed by atoms with van der Waals surface area (Å²) in [6.07, 6.45) is 0. The molecule has 1 amide bonds. The first-order chi connectivity index (χ1) is 8.45. The lowest BCUT2D eigenvalue weighted by Gasteiger charge is -2.20. The molecule has 4 heteroatoms. The number of carbonyl (C=O) groups excluding carboxylic acids is 1. The van der Waals surface area contributed by atoms with Crippen LogP contribution in [0.4, 0.5) is 0 Å². The van der Waals surface area contributed by atoms with E-state index in [9.17, 15) is 4.79 Å². The van der Waals surface area contributed by atoms with Gasteiger partial charge >= 0.3 is 0 Å². The molecule has 1 aromatic carbocycles. The third-order valence-electron chi connectivity index (χ3n) is 2.87. The average molecular weight is 250 g/mol.